The summed E-state index contributed by atoms with van der Waals surface area (Å²) in [6.45, 7) is 10.8. The Morgan fingerprint density at radius 3 is 2.35 bits per heavy atom. The predicted octanol–water partition coefficient (Wildman–Crippen LogP) is 2.23. The minimum atomic E-state index is -0.630. The van der Waals surface area contributed by atoms with E-state index in [1.165, 1.54) is 0 Å². The third-order valence-electron chi connectivity index (χ3n) is 2.35. The molecule has 0 aliphatic rings. The molecule has 0 unspecified atom stereocenters. The van der Waals surface area contributed by atoms with Gasteiger partial charge in [-0.15, -0.1) is 0 Å². The zero-order valence-corrected chi connectivity index (χ0v) is 11.0. The standard InChI is InChI=1S/C12H21NO4/c1-6-12(4,5)10(14)16-8-17-11(15)13-7-9(2)3/h2,6-8H2,1,3-5H3,(H,13,15). The van der Waals surface area contributed by atoms with Gasteiger partial charge in [-0.3, -0.25) is 4.79 Å². The smallest absolute Gasteiger partial charge is 0.410 e. The van der Waals surface area contributed by atoms with Gasteiger partial charge in [0.05, 0.1) is 5.41 Å². The summed E-state index contributed by atoms with van der Waals surface area (Å²) in [6.07, 6.45) is 0.0309. The number of alkyl carbamates (subject to hydrolysis) is 1. The molecule has 0 aromatic heterocycles. The minimum absolute atomic E-state index is 0.341. The maximum Gasteiger partial charge on any atom is 0.410 e. The van der Waals surface area contributed by atoms with E-state index < -0.39 is 11.5 Å². The molecule has 5 nitrogen and oxygen atoms in total. The topological polar surface area (TPSA) is 64.6 Å². The van der Waals surface area contributed by atoms with Crippen molar-refractivity contribution in [2.75, 3.05) is 13.3 Å². The van der Waals surface area contributed by atoms with E-state index in [2.05, 4.69) is 16.6 Å². The second kappa shape index (κ2) is 6.93. The SMILES string of the molecule is C=C(C)CNC(=O)OCOC(=O)C(C)(C)CC. The lowest BCUT2D eigenvalue weighted by Gasteiger charge is -2.19. The van der Waals surface area contributed by atoms with Gasteiger partial charge in [-0.05, 0) is 27.2 Å². The van der Waals surface area contributed by atoms with Crippen molar-refractivity contribution in [1.82, 2.24) is 5.32 Å². The molecular formula is C12H21NO4. The van der Waals surface area contributed by atoms with Crippen molar-refractivity contribution in [3.8, 4) is 0 Å². The molecule has 0 saturated heterocycles. The largest absolute Gasteiger partial charge is 0.427 e. The molecule has 0 aromatic rings. The predicted molar refractivity (Wildman–Crippen MR) is 64.3 cm³/mol. The summed E-state index contributed by atoms with van der Waals surface area (Å²) in [7, 11) is 0. The maximum absolute atomic E-state index is 11.5. The number of ether oxygens (including phenoxy) is 2. The zero-order chi connectivity index (χ0) is 13.5. The molecule has 17 heavy (non-hydrogen) atoms. The molecule has 0 spiro atoms. The maximum atomic E-state index is 11.5. The summed E-state index contributed by atoms with van der Waals surface area (Å²) in [5.74, 6) is -0.382. The van der Waals surface area contributed by atoms with Crippen molar-refractivity contribution in [2.45, 2.75) is 34.1 Å². The van der Waals surface area contributed by atoms with Crippen LogP contribution >= 0.6 is 0 Å². The normalized spacial score (nSPS) is 10.6. The van der Waals surface area contributed by atoms with Crippen LogP contribution in [-0.2, 0) is 14.3 Å². The number of carbonyl (C=O) groups excluding carboxylic acids is 2. The van der Waals surface area contributed by atoms with E-state index in [0.717, 1.165) is 5.57 Å². The van der Waals surface area contributed by atoms with Crippen LogP contribution in [0, 0.1) is 5.41 Å². The number of amides is 1. The molecule has 0 heterocycles. The lowest BCUT2D eigenvalue weighted by atomic mass is 9.91. The number of hydrogen-bond donors (Lipinski definition) is 1. The fraction of sp³-hybridized carbons (Fsp3) is 0.667. The minimum Gasteiger partial charge on any atom is -0.427 e. The average Bonchev–Trinajstić information content (AvgIpc) is 2.26. The van der Waals surface area contributed by atoms with Gasteiger partial charge < -0.3 is 14.8 Å². The molecule has 0 rings (SSSR count). The van der Waals surface area contributed by atoms with Crippen molar-refractivity contribution in [3.63, 3.8) is 0 Å². The van der Waals surface area contributed by atoms with E-state index in [4.69, 9.17) is 4.74 Å². The lowest BCUT2D eigenvalue weighted by Crippen LogP contribution is -2.30. The van der Waals surface area contributed by atoms with Crippen LogP contribution in [0.15, 0.2) is 12.2 Å². The molecule has 1 N–H and O–H groups in total. The number of nitrogens with one attached hydrogen (secondary N) is 1. The van der Waals surface area contributed by atoms with Crippen molar-refractivity contribution in [3.05, 3.63) is 12.2 Å². The Hall–Kier alpha value is -1.52. The highest BCUT2D eigenvalue weighted by Gasteiger charge is 2.27. The van der Waals surface area contributed by atoms with Crippen molar-refractivity contribution in [2.24, 2.45) is 5.41 Å². The van der Waals surface area contributed by atoms with Crippen molar-refractivity contribution in [1.29, 1.82) is 0 Å². The molecule has 0 aromatic carbocycles. The Bertz CT molecular complexity index is 297. The third kappa shape index (κ3) is 6.60. The molecule has 5 heteroatoms. The Morgan fingerprint density at radius 1 is 1.29 bits per heavy atom. The van der Waals surface area contributed by atoms with Gasteiger partial charge in [0, 0.05) is 6.54 Å². The Balaban J connectivity index is 3.81. The average molecular weight is 243 g/mol. The van der Waals surface area contributed by atoms with Gasteiger partial charge in [-0.1, -0.05) is 19.1 Å². The van der Waals surface area contributed by atoms with E-state index in [1.54, 1.807) is 20.8 Å². The summed E-state index contributed by atoms with van der Waals surface area (Å²) in [5, 5.41) is 2.46. The Morgan fingerprint density at radius 2 is 1.88 bits per heavy atom. The Kier molecular flexibility index (Phi) is 6.31. The second-order valence-corrected chi connectivity index (χ2v) is 4.53. The summed E-state index contributed by atoms with van der Waals surface area (Å²) >= 11 is 0. The number of esters is 1. The first-order valence-electron chi connectivity index (χ1n) is 5.52. The van der Waals surface area contributed by atoms with Gasteiger partial charge in [0.1, 0.15) is 0 Å². The highest BCUT2D eigenvalue weighted by Crippen LogP contribution is 2.21. The highest BCUT2D eigenvalue weighted by atomic mass is 16.7. The lowest BCUT2D eigenvalue weighted by molar-refractivity contribution is -0.162. The van der Waals surface area contributed by atoms with E-state index in [0.29, 0.717) is 13.0 Å². The second-order valence-electron chi connectivity index (χ2n) is 4.53. The van der Waals surface area contributed by atoms with Crippen LogP contribution in [-0.4, -0.2) is 25.4 Å². The number of carbonyl (C=O) groups is 2. The van der Waals surface area contributed by atoms with E-state index >= 15 is 0 Å². The van der Waals surface area contributed by atoms with Gasteiger partial charge in [0.2, 0.25) is 6.79 Å². The van der Waals surface area contributed by atoms with Crippen LogP contribution in [0.1, 0.15) is 34.1 Å². The van der Waals surface area contributed by atoms with E-state index in [-0.39, 0.29) is 12.8 Å². The van der Waals surface area contributed by atoms with Gasteiger partial charge in [-0.2, -0.15) is 0 Å². The van der Waals surface area contributed by atoms with Gasteiger partial charge >= 0.3 is 12.1 Å². The first kappa shape index (κ1) is 15.5. The highest BCUT2D eigenvalue weighted by molar-refractivity contribution is 5.76. The quantitative estimate of drug-likeness (QED) is 0.441. The molecule has 0 saturated carbocycles. The first-order chi connectivity index (χ1) is 7.79. The van der Waals surface area contributed by atoms with Gasteiger partial charge in [0.15, 0.2) is 0 Å². The van der Waals surface area contributed by atoms with Crippen LogP contribution in [0.2, 0.25) is 0 Å². The van der Waals surface area contributed by atoms with Crippen LogP contribution in [0.3, 0.4) is 0 Å². The molecule has 1 amide bonds. The summed E-state index contributed by atoms with van der Waals surface area (Å²) in [5.41, 5.74) is 0.253. The fourth-order valence-corrected chi connectivity index (χ4v) is 0.750. The van der Waals surface area contributed by atoms with Crippen molar-refractivity contribution < 1.29 is 19.1 Å². The fourth-order valence-electron chi connectivity index (χ4n) is 0.750. The molecule has 98 valence electrons. The van der Waals surface area contributed by atoms with Crippen LogP contribution < -0.4 is 5.32 Å². The molecule has 0 bridgehead atoms. The van der Waals surface area contributed by atoms with E-state index in [9.17, 15) is 9.59 Å². The van der Waals surface area contributed by atoms with Crippen LogP contribution in [0.5, 0.6) is 0 Å². The monoisotopic (exact) mass is 243 g/mol. The summed E-state index contributed by atoms with van der Waals surface area (Å²) < 4.78 is 9.50. The third-order valence-corrected chi connectivity index (χ3v) is 2.35. The molecule has 0 fully saturated rings. The molecule has 0 atom stereocenters. The molecule has 0 radical (unpaired) electrons. The van der Waals surface area contributed by atoms with Gasteiger partial charge in [-0.25, -0.2) is 4.79 Å². The van der Waals surface area contributed by atoms with Crippen LogP contribution in [0.4, 0.5) is 4.79 Å². The zero-order valence-electron chi connectivity index (χ0n) is 11.0. The summed E-state index contributed by atoms with van der Waals surface area (Å²) in [6, 6.07) is 0. The molecular weight excluding hydrogens is 222 g/mol. The first-order valence-corrected chi connectivity index (χ1v) is 5.52. The number of rotatable bonds is 6. The van der Waals surface area contributed by atoms with Crippen molar-refractivity contribution >= 4 is 12.1 Å². The molecule has 0 aliphatic heterocycles. The number of hydrogen-bond acceptors (Lipinski definition) is 4. The van der Waals surface area contributed by atoms with E-state index in [1.807, 2.05) is 6.92 Å². The van der Waals surface area contributed by atoms with Crippen LogP contribution in [0.25, 0.3) is 0 Å². The summed E-state index contributed by atoms with van der Waals surface area (Å²) in [4.78, 5) is 22.6. The molecule has 0 aliphatic carbocycles. The van der Waals surface area contributed by atoms with Gasteiger partial charge in [0.25, 0.3) is 0 Å². The Labute approximate surface area is 102 Å².